The van der Waals surface area contributed by atoms with Gasteiger partial charge in [-0.05, 0) is 20.0 Å². The van der Waals surface area contributed by atoms with E-state index in [1.807, 2.05) is 7.05 Å². The van der Waals surface area contributed by atoms with E-state index in [4.69, 9.17) is 0 Å². The van der Waals surface area contributed by atoms with Gasteiger partial charge in [-0.25, -0.2) is 5.11 Å². The molecule has 0 rings (SSSR count). The molecule has 0 atom stereocenters. The van der Waals surface area contributed by atoms with Gasteiger partial charge >= 0.3 is 0 Å². The third kappa shape index (κ3) is 3.92. The summed E-state index contributed by atoms with van der Waals surface area (Å²) in [5.74, 6) is 0. The van der Waals surface area contributed by atoms with Gasteiger partial charge in [0.25, 0.3) is 0 Å². The molecule has 0 unspecified atom stereocenters. The van der Waals surface area contributed by atoms with Crippen LogP contribution in [0, 0.1) is 0 Å². The van der Waals surface area contributed by atoms with E-state index < -0.39 is 0 Å². The first-order valence-electron chi connectivity index (χ1n) is 2.14. The molecule has 0 saturated carbocycles. The Bertz CT molecular complexity index is 19.5. The van der Waals surface area contributed by atoms with Crippen LogP contribution in [0.5, 0.6) is 0 Å². The van der Waals surface area contributed by atoms with E-state index in [2.05, 4.69) is 5.32 Å². The maximum atomic E-state index is 9.65. The van der Waals surface area contributed by atoms with Crippen LogP contribution in [0.15, 0.2) is 0 Å². The molecule has 0 aliphatic carbocycles. The second kappa shape index (κ2) is 4.92. The molecule has 0 aromatic rings. The molecule has 1 N–H and O–H groups in total. The largest absolute Gasteiger partial charge is 0.320 e. The Kier molecular flexibility index (Phi) is 4.85. The van der Waals surface area contributed by atoms with Crippen molar-refractivity contribution in [2.24, 2.45) is 0 Å². The van der Waals surface area contributed by atoms with E-state index in [1.54, 1.807) is 0 Å². The molecule has 1 radical (unpaired) electrons. The number of rotatable bonds is 3. The van der Waals surface area contributed by atoms with Crippen LogP contribution in [-0.4, -0.2) is 20.2 Å². The van der Waals surface area contributed by atoms with Crippen molar-refractivity contribution in [3.8, 4) is 0 Å². The lowest BCUT2D eigenvalue weighted by molar-refractivity contribution is 0.189. The Morgan fingerprint density at radius 2 is 2.33 bits per heavy atom. The molecule has 0 amide bonds. The monoisotopic (exact) mass is 88.1 g/mol. The number of hydrogen-bond donors (Lipinski definition) is 1. The zero-order valence-corrected chi connectivity index (χ0v) is 4.03. The summed E-state index contributed by atoms with van der Waals surface area (Å²) in [6.07, 6.45) is 0.747. The Balaban J connectivity index is 2.34. The minimum absolute atomic E-state index is 0.0425. The topological polar surface area (TPSA) is 31.9 Å². The molecule has 0 saturated heterocycles. The maximum Gasteiger partial charge on any atom is 0.0834 e. The van der Waals surface area contributed by atoms with Crippen molar-refractivity contribution in [3.05, 3.63) is 0 Å². The fourth-order valence-electron chi connectivity index (χ4n) is 0.249. The minimum atomic E-state index is 0.0425. The molecule has 0 fully saturated rings. The first-order chi connectivity index (χ1) is 2.91. The second-order valence-corrected chi connectivity index (χ2v) is 1.16. The summed E-state index contributed by atoms with van der Waals surface area (Å²) < 4.78 is 0. The smallest absolute Gasteiger partial charge is 0.0834 e. The summed E-state index contributed by atoms with van der Waals surface area (Å²) in [4.78, 5) is 0. The summed E-state index contributed by atoms with van der Waals surface area (Å²) in [7, 11) is 1.84. The first kappa shape index (κ1) is 5.92. The maximum absolute atomic E-state index is 9.65. The molecule has 0 heterocycles. The first-order valence-corrected chi connectivity index (χ1v) is 2.14. The van der Waals surface area contributed by atoms with Crippen molar-refractivity contribution in [2.45, 2.75) is 6.42 Å². The third-order valence-corrected chi connectivity index (χ3v) is 0.571. The highest BCUT2D eigenvalue weighted by atomic mass is 16.3. The lowest BCUT2D eigenvalue weighted by Gasteiger charge is -1.88. The summed E-state index contributed by atoms with van der Waals surface area (Å²) in [5.41, 5.74) is 0. The average molecular weight is 88.1 g/mol. The predicted molar refractivity (Wildman–Crippen MR) is 24.1 cm³/mol. The van der Waals surface area contributed by atoms with Gasteiger partial charge in [0, 0.05) is 0 Å². The molecule has 0 bridgehead atoms. The molecule has 0 aliphatic rings. The fraction of sp³-hybridized carbons (Fsp3) is 1.00. The third-order valence-electron chi connectivity index (χ3n) is 0.571. The lowest BCUT2D eigenvalue weighted by atomic mass is 10.5. The van der Waals surface area contributed by atoms with Crippen molar-refractivity contribution >= 4 is 0 Å². The molecular formula is C4H10NO. The van der Waals surface area contributed by atoms with Gasteiger partial charge in [-0.3, -0.25) is 0 Å². The highest BCUT2D eigenvalue weighted by Gasteiger charge is 1.76. The number of nitrogens with one attached hydrogen (secondary N) is 1. The Morgan fingerprint density at radius 3 is 2.50 bits per heavy atom. The van der Waals surface area contributed by atoms with E-state index >= 15 is 0 Å². The van der Waals surface area contributed by atoms with E-state index in [1.165, 1.54) is 0 Å². The van der Waals surface area contributed by atoms with Crippen LogP contribution in [0.2, 0.25) is 0 Å². The van der Waals surface area contributed by atoms with Crippen LogP contribution in [0.3, 0.4) is 0 Å². The van der Waals surface area contributed by atoms with E-state index in [0.29, 0.717) is 0 Å². The quantitative estimate of drug-likeness (QED) is 0.485. The van der Waals surface area contributed by atoms with Crippen molar-refractivity contribution in [2.75, 3.05) is 20.2 Å². The van der Waals surface area contributed by atoms with Crippen molar-refractivity contribution in [1.82, 2.24) is 5.32 Å². The zero-order chi connectivity index (χ0) is 4.83. The molecule has 2 heteroatoms. The Hall–Kier alpha value is -0.0800. The molecule has 37 valence electrons. The highest BCUT2D eigenvalue weighted by Crippen LogP contribution is 1.67. The van der Waals surface area contributed by atoms with Crippen LogP contribution in [0.25, 0.3) is 0 Å². The van der Waals surface area contributed by atoms with Gasteiger partial charge < -0.3 is 5.32 Å². The van der Waals surface area contributed by atoms with Crippen LogP contribution in [-0.2, 0) is 5.11 Å². The normalized spacial score (nSPS) is 9.00. The molecular weight excluding hydrogens is 78.0 g/mol. The molecule has 0 aromatic heterocycles. The van der Waals surface area contributed by atoms with E-state index in [-0.39, 0.29) is 6.61 Å². The summed E-state index contributed by atoms with van der Waals surface area (Å²) in [5, 5.41) is 12.5. The van der Waals surface area contributed by atoms with Crippen molar-refractivity contribution in [3.63, 3.8) is 0 Å². The van der Waals surface area contributed by atoms with Crippen LogP contribution >= 0.6 is 0 Å². The minimum Gasteiger partial charge on any atom is -0.320 e. The predicted octanol–water partition coefficient (Wildman–Crippen LogP) is 0.0264. The highest BCUT2D eigenvalue weighted by molar-refractivity contribution is 4.34. The average Bonchev–Trinajstić information content (AvgIpc) is 1.61. The van der Waals surface area contributed by atoms with Crippen molar-refractivity contribution in [1.29, 1.82) is 0 Å². The molecule has 0 spiro atoms. The number of hydrogen-bond acceptors (Lipinski definition) is 1. The molecule has 6 heavy (non-hydrogen) atoms. The second-order valence-electron chi connectivity index (χ2n) is 1.16. The van der Waals surface area contributed by atoms with E-state index in [9.17, 15) is 5.11 Å². The summed E-state index contributed by atoms with van der Waals surface area (Å²) in [6, 6.07) is 0. The van der Waals surface area contributed by atoms with Crippen LogP contribution in [0.4, 0.5) is 0 Å². The summed E-state index contributed by atoms with van der Waals surface area (Å²) >= 11 is 0. The Labute approximate surface area is 38.2 Å². The van der Waals surface area contributed by atoms with Gasteiger partial charge in [-0.15, -0.1) is 0 Å². The van der Waals surface area contributed by atoms with Crippen molar-refractivity contribution < 1.29 is 5.11 Å². The zero-order valence-electron chi connectivity index (χ0n) is 4.03. The fourth-order valence-corrected chi connectivity index (χ4v) is 0.249. The van der Waals surface area contributed by atoms with Crippen LogP contribution < -0.4 is 5.32 Å². The van der Waals surface area contributed by atoms with Gasteiger partial charge in [0.1, 0.15) is 0 Å². The lowest BCUT2D eigenvalue weighted by Crippen LogP contribution is -2.08. The molecule has 0 aliphatic heterocycles. The summed E-state index contributed by atoms with van der Waals surface area (Å²) in [6.45, 7) is 0.893. The van der Waals surface area contributed by atoms with Gasteiger partial charge in [-0.1, -0.05) is 0 Å². The van der Waals surface area contributed by atoms with Gasteiger partial charge in [0.2, 0.25) is 0 Å². The standard InChI is InChI=1S/C4H10NO/c1-5-3-2-4-6/h5H,2-4H2,1H3. The van der Waals surface area contributed by atoms with Gasteiger partial charge in [0.05, 0.1) is 6.61 Å². The van der Waals surface area contributed by atoms with Gasteiger partial charge in [0.15, 0.2) is 0 Å². The SMILES string of the molecule is CNCCC[O]. The molecule has 2 nitrogen and oxygen atoms in total. The van der Waals surface area contributed by atoms with Crippen LogP contribution in [0.1, 0.15) is 6.42 Å². The molecule has 0 aromatic carbocycles. The van der Waals surface area contributed by atoms with E-state index in [0.717, 1.165) is 13.0 Å². The Morgan fingerprint density at radius 1 is 1.67 bits per heavy atom. The van der Waals surface area contributed by atoms with Gasteiger partial charge in [-0.2, -0.15) is 0 Å².